The zero-order valence-corrected chi connectivity index (χ0v) is 9.47. The van der Waals surface area contributed by atoms with E-state index in [4.69, 9.17) is 0 Å². The minimum atomic E-state index is -0.556. The number of benzene rings is 1. The van der Waals surface area contributed by atoms with E-state index < -0.39 is 17.0 Å². The highest BCUT2D eigenvalue weighted by molar-refractivity contribution is 5.22. The zero-order chi connectivity index (χ0) is 12.3. The molecular formula is C13H14F2N2. The second-order valence-corrected chi connectivity index (χ2v) is 4.55. The molecule has 0 bridgehead atoms. The van der Waals surface area contributed by atoms with Gasteiger partial charge in [0.05, 0.1) is 11.5 Å². The molecule has 0 aliphatic carbocycles. The summed E-state index contributed by atoms with van der Waals surface area (Å²) in [5.41, 5.74) is -0.256. The Hall–Kier alpha value is -1.47. The van der Waals surface area contributed by atoms with Crippen molar-refractivity contribution in [1.82, 2.24) is 5.32 Å². The second kappa shape index (κ2) is 4.80. The predicted molar refractivity (Wildman–Crippen MR) is 60.2 cm³/mol. The van der Waals surface area contributed by atoms with E-state index in [0.29, 0.717) is 18.4 Å². The Labute approximate surface area is 99.3 Å². The average molecular weight is 236 g/mol. The van der Waals surface area contributed by atoms with Crippen LogP contribution in [-0.4, -0.2) is 13.1 Å². The minimum absolute atomic E-state index is 0.286. The van der Waals surface area contributed by atoms with Crippen LogP contribution in [0.25, 0.3) is 0 Å². The summed E-state index contributed by atoms with van der Waals surface area (Å²) in [5, 5.41) is 12.4. The molecule has 0 atom stereocenters. The van der Waals surface area contributed by atoms with Gasteiger partial charge in [-0.3, -0.25) is 0 Å². The van der Waals surface area contributed by atoms with Crippen LogP contribution in [0.4, 0.5) is 8.78 Å². The second-order valence-electron chi connectivity index (χ2n) is 4.55. The summed E-state index contributed by atoms with van der Waals surface area (Å²) in [4.78, 5) is 0. The monoisotopic (exact) mass is 236 g/mol. The maximum atomic E-state index is 13.5. The summed E-state index contributed by atoms with van der Waals surface area (Å²) in [7, 11) is 0. The van der Waals surface area contributed by atoms with Crippen LogP contribution in [0.1, 0.15) is 18.4 Å². The molecule has 2 nitrogen and oxygen atoms in total. The van der Waals surface area contributed by atoms with Crippen LogP contribution in [-0.2, 0) is 6.42 Å². The molecule has 1 aliphatic heterocycles. The lowest BCUT2D eigenvalue weighted by Gasteiger charge is -2.31. The van der Waals surface area contributed by atoms with Crippen LogP contribution in [0, 0.1) is 28.4 Å². The molecule has 0 saturated carbocycles. The molecule has 90 valence electrons. The lowest BCUT2D eigenvalue weighted by Crippen LogP contribution is -2.37. The van der Waals surface area contributed by atoms with Crippen LogP contribution in [0.2, 0.25) is 0 Å². The Kier molecular flexibility index (Phi) is 3.39. The third kappa shape index (κ3) is 2.62. The fourth-order valence-corrected chi connectivity index (χ4v) is 2.28. The lowest BCUT2D eigenvalue weighted by atomic mass is 9.75. The van der Waals surface area contributed by atoms with Gasteiger partial charge in [-0.05, 0) is 56.1 Å². The highest BCUT2D eigenvalue weighted by Crippen LogP contribution is 2.33. The third-order valence-corrected chi connectivity index (χ3v) is 3.33. The number of piperidine rings is 1. The van der Waals surface area contributed by atoms with Crippen molar-refractivity contribution in [2.24, 2.45) is 5.41 Å². The van der Waals surface area contributed by atoms with Crippen molar-refractivity contribution >= 4 is 0 Å². The van der Waals surface area contributed by atoms with Gasteiger partial charge in [-0.25, -0.2) is 8.78 Å². The number of hydrogen-bond donors (Lipinski definition) is 1. The number of nitrogens with zero attached hydrogens (tertiary/aromatic N) is 1. The Bertz CT molecular complexity index is 445. The molecule has 4 heteroatoms. The van der Waals surface area contributed by atoms with Crippen molar-refractivity contribution in [3.8, 4) is 6.07 Å². The topological polar surface area (TPSA) is 35.8 Å². The van der Waals surface area contributed by atoms with Crippen LogP contribution in [0.5, 0.6) is 0 Å². The van der Waals surface area contributed by atoms with Gasteiger partial charge < -0.3 is 5.32 Å². The SMILES string of the molecule is N#CC1(Cc2cc(F)ccc2F)CCNCC1. The first-order valence-corrected chi connectivity index (χ1v) is 5.71. The van der Waals surface area contributed by atoms with E-state index in [9.17, 15) is 14.0 Å². The molecule has 1 aromatic rings. The van der Waals surface area contributed by atoms with Crippen LogP contribution in [0.3, 0.4) is 0 Å². The number of hydrogen-bond acceptors (Lipinski definition) is 2. The van der Waals surface area contributed by atoms with Crippen molar-refractivity contribution in [1.29, 1.82) is 5.26 Å². The molecule has 1 aliphatic rings. The average Bonchev–Trinajstić information content (AvgIpc) is 2.35. The van der Waals surface area contributed by atoms with E-state index in [1.165, 1.54) is 6.07 Å². The van der Waals surface area contributed by atoms with Gasteiger partial charge >= 0.3 is 0 Å². The molecule has 1 heterocycles. The molecular weight excluding hydrogens is 222 g/mol. The first kappa shape index (κ1) is 12.0. The lowest BCUT2D eigenvalue weighted by molar-refractivity contribution is 0.277. The fourth-order valence-electron chi connectivity index (χ4n) is 2.28. The summed E-state index contributed by atoms with van der Waals surface area (Å²) in [6, 6.07) is 5.69. The van der Waals surface area contributed by atoms with Crippen LogP contribution < -0.4 is 5.32 Å². The molecule has 1 fully saturated rings. The van der Waals surface area contributed by atoms with Gasteiger partial charge in [0.25, 0.3) is 0 Å². The molecule has 1 aromatic carbocycles. The van der Waals surface area contributed by atoms with E-state index >= 15 is 0 Å². The first-order valence-electron chi connectivity index (χ1n) is 5.71. The summed E-state index contributed by atoms with van der Waals surface area (Å²) >= 11 is 0. The molecule has 1 N–H and O–H groups in total. The maximum Gasteiger partial charge on any atom is 0.126 e. The summed E-state index contributed by atoms with van der Waals surface area (Å²) in [5.74, 6) is -0.886. The van der Waals surface area contributed by atoms with E-state index in [2.05, 4.69) is 11.4 Å². The quantitative estimate of drug-likeness (QED) is 0.855. The molecule has 17 heavy (non-hydrogen) atoms. The van der Waals surface area contributed by atoms with Crippen molar-refractivity contribution in [3.63, 3.8) is 0 Å². The molecule has 0 spiro atoms. The van der Waals surface area contributed by atoms with E-state index in [0.717, 1.165) is 25.2 Å². The van der Waals surface area contributed by atoms with Crippen molar-refractivity contribution in [2.45, 2.75) is 19.3 Å². The van der Waals surface area contributed by atoms with Crippen molar-refractivity contribution in [3.05, 3.63) is 35.4 Å². The zero-order valence-electron chi connectivity index (χ0n) is 9.47. The summed E-state index contributed by atoms with van der Waals surface area (Å²) in [6.45, 7) is 1.51. The van der Waals surface area contributed by atoms with Gasteiger partial charge in [0.1, 0.15) is 11.6 Å². The smallest absolute Gasteiger partial charge is 0.126 e. The van der Waals surface area contributed by atoms with Gasteiger partial charge in [0.2, 0.25) is 0 Å². The molecule has 2 rings (SSSR count). The van der Waals surface area contributed by atoms with Gasteiger partial charge in [-0.2, -0.15) is 5.26 Å². The number of nitriles is 1. The Morgan fingerprint density at radius 3 is 2.65 bits per heavy atom. The van der Waals surface area contributed by atoms with E-state index in [1.807, 2.05) is 0 Å². The molecule has 0 amide bonds. The van der Waals surface area contributed by atoms with Crippen LogP contribution in [0.15, 0.2) is 18.2 Å². The minimum Gasteiger partial charge on any atom is -0.317 e. The highest BCUT2D eigenvalue weighted by atomic mass is 19.1. The Morgan fingerprint density at radius 1 is 1.29 bits per heavy atom. The Morgan fingerprint density at radius 2 is 2.00 bits per heavy atom. The van der Waals surface area contributed by atoms with Crippen molar-refractivity contribution < 1.29 is 8.78 Å². The normalized spacial score (nSPS) is 18.6. The number of halogens is 2. The molecule has 0 radical (unpaired) electrons. The van der Waals surface area contributed by atoms with E-state index in [-0.39, 0.29) is 6.42 Å². The highest BCUT2D eigenvalue weighted by Gasteiger charge is 2.33. The van der Waals surface area contributed by atoms with Gasteiger partial charge in [-0.1, -0.05) is 0 Å². The van der Waals surface area contributed by atoms with Gasteiger partial charge in [-0.15, -0.1) is 0 Å². The fraction of sp³-hybridized carbons (Fsp3) is 0.462. The van der Waals surface area contributed by atoms with Gasteiger partial charge in [0.15, 0.2) is 0 Å². The van der Waals surface area contributed by atoms with Crippen molar-refractivity contribution in [2.75, 3.05) is 13.1 Å². The maximum absolute atomic E-state index is 13.5. The summed E-state index contributed by atoms with van der Waals surface area (Å²) < 4.78 is 26.6. The standard InChI is InChI=1S/C13H14F2N2/c14-11-1-2-12(15)10(7-11)8-13(9-16)3-5-17-6-4-13/h1-2,7,17H,3-6,8H2. The largest absolute Gasteiger partial charge is 0.317 e. The first-order chi connectivity index (χ1) is 8.15. The Balaban J connectivity index is 2.23. The van der Waals surface area contributed by atoms with E-state index in [1.54, 1.807) is 0 Å². The van der Waals surface area contributed by atoms with Crippen LogP contribution >= 0.6 is 0 Å². The number of rotatable bonds is 2. The summed E-state index contributed by atoms with van der Waals surface area (Å²) in [6.07, 6.45) is 1.65. The molecule has 1 saturated heterocycles. The number of nitrogens with one attached hydrogen (secondary N) is 1. The molecule has 0 aromatic heterocycles. The third-order valence-electron chi connectivity index (χ3n) is 3.33. The predicted octanol–water partition coefficient (Wildman–Crippen LogP) is 2.40. The molecule has 0 unspecified atom stereocenters. The van der Waals surface area contributed by atoms with Gasteiger partial charge in [0, 0.05) is 0 Å².